The molecular weight excluding hydrogens is 504 g/mol. The number of ether oxygens (including phenoxy) is 1. The second kappa shape index (κ2) is 16.5. The first-order chi connectivity index (χ1) is 18.0. The number of urea groups is 1. The number of hydrogen-bond donors (Lipinski definition) is 6. The number of primary amides is 1. The number of rotatable bonds is 17. The standard InChI is InChI=1S/C23H34N6O9/c1-25-18(4-3-7-26-22(24)35)21(34)27-17-6-5-15(14-38-23(36)37)16(10-17)11-28(2)19(31)12-29(8-9-30)13-20(32)33/h5-6,9-10,18,25H,3-4,7-8,11-14H2,1-2H3,(H,27,34)(H,32,33)(H,36,37)(H3,24,26,35)/t18-/m0/s1. The van der Waals surface area contributed by atoms with E-state index in [4.69, 9.17) is 15.9 Å². The van der Waals surface area contributed by atoms with Gasteiger partial charge in [0.15, 0.2) is 0 Å². The van der Waals surface area contributed by atoms with E-state index < -0.39 is 36.6 Å². The number of carbonyl (C=O) groups is 6. The molecule has 0 saturated carbocycles. The van der Waals surface area contributed by atoms with E-state index in [0.717, 1.165) is 4.90 Å². The summed E-state index contributed by atoms with van der Waals surface area (Å²) in [6, 6.07) is 3.45. The Morgan fingerprint density at radius 2 is 1.84 bits per heavy atom. The molecule has 0 radical (unpaired) electrons. The zero-order chi connectivity index (χ0) is 28.7. The van der Waals surface area contributed by atoms with Crippen molar-refractivity contribution in [3.8, 4) is 0 Å². The SMILES string of the molecule is CN[C@@H](CCCNC(N)=O)C(=O)Nc1ccc(COC(=O)O)c(CN(C)C(=O)CN(CC=O)CC(=O)O)c1. The van der Waals surface area contributed by atoms with E-state index in [2.05, 4.69) is 20.7 Å². The van der Waals surface area contributed by atoms with Gasteiger partial charge in [0.1, 0.15) is 12.9 Å². The number of amides is 4. The van der Waals surface area contributed by atoms with Crippen molar-refractivity contribution in [1.29, 1.82) is 0 Å². The summed E-state index contributed by atoms with van der Waals surface area (Å²) in [6.45, 7) is -1.08. The number of benzene rings is 1. The molecule has 0 aliphatic rings. The van der Waals surface area contributed by atoms with Crippen LogP contribution < -0.4 is 21.7 Å². The molecule has 4 amide bonds. The number of carboxylic acids is 1. The molecule has 1 atom stereocenters. The largest absolute Gasteiger partial charge is 0.506 e. The van der Waals surface area contributed by atoms with Gasteiger partial charge < -0.3 is 46.3 Å². The molecule has 0 aliphatic carbocycles. The van der Waals surface area contributed by atoms with Gasteiger partial charge in [0, 0.05) is 25.8 Å². The molecule has 1 rings (SSSR count). The Hall–Kier alpha value is -4.24. The van der Waals surface area contributed by atoms with E-state index in [1.54, 1.807) is 25.2 Å². The number of likely N-dealkylation sites (N-methyl/N-ethyl adjacent to an activating group) is 2. The van der Waals surface area contributed by atoms with Crippen molar-refractivity contribution >= 4 is 41.9 Å². The molecule has 0 bridgehead atoms. The minimum absolute atomic E-state index is 0.0168. The Kier molecular flexibility index (Phi) is 13.8. The average Bonchev–Trinajstić information content (AvgIpc) is 2.82. The molecule has 0 spiro atoms. The summed E-state index contributed by atoms with van der Waals surface area (Å²) in [4.78, 5) is 71.4. The lowest BCUT2D eigenvalue weighted by molar-refractivity contribution is -0.139. The van der Waals surface area contributed by atoms with Gasteiger partial charge in [0.2, 0.25) is 11.8 Å². The van der Waals surface area contributed by atoms with Gasteiger partial charge >= 0.3 is 18.2 Å². The van der Waals surface area contributed by atoms with Crippen LogP contribution in [0.15, 0.2) is 18.2 Å². The van der Waals surface area contributed by atoms with Crippen LogP contribution in [0.3, 0.4) is 0 Å². The van der Waals surface area contributed by atoms with E-state index in [0.29, 0.717) is 42.5 Å². The molecule has 210 valence electrons. The fraction of sp³-hybridized carbons (Fsp3) is 0.478. The third-order valence-corrected chi connectivity index (χ3v) is 5.34. The summed E-state index contributed by atoms with van der Waals surface area (Å²) in [6.07, 6.45) is -0.0888. The first kappa shape index (κ1) is 31.8. The van der Waals surface area contributed by atoms with Crippen molar-refractivity contribution in [2.24, 2.45) is 5.73 Å². The Balaban J connectivity index is 3.00. The topological polar surface area (TPSA) is 221 Å². The number of hydrogen-bond acceptors (Lipinski definition) is 9. The Morgan fingerprint density at radius 3 is 2.42 bits per heavy atom. The third-order valence-electron chi connectivity index (χ3n) is 5.34. The number of nitrogens with two attached hydrogens (primary N) is 1. The van der Waals surface area contributed by atoms with Crippen LogP contribution in [-0.4, -0.2) is 103 Å². The van der Waals surface area contributed by atoms with E-state index in [1.807, 2.05) is 0 Å². The van der Waals surface area contributed by atoms with E-state index in [1.165, 1.54) is 11.9 Å². The lowest BCUT2D eigenvalue weighted by atomic mass is 10.1. The zero-order valence-electron chi connectivity index (χ0n) is 21.3. The Bertz CT molecular complexity index is 1000. The first-order valence-electron chi connectivity index (χ1n) is 11.6. The number of carboxylic acid groups (broad SMARTS) is 2. The molecule has 15 nitrogen and oxygen atoms in total. The molecule has 15 heteroatoms. The van der Waals surface area contributed by atoms with Crippen LogP contribution in [0.5, 0.6) is 0 Å². The Morgan fingerprint density at radius 1 is 1.13 bits per heavy atom. The number of anilines is 1. The Labute approximate surface area is 219 Å². The molecule has 0 fully saturated rings. The van der Waals surface area contributed by atoms with Crippen LogP contribution in [-0.2, 0) is 37.1 Å². The molecule has 0 heterocycles. The molecule has 38 heavy (non-hydrogen) atoms. The second-order valence-corrected chi connectivity index (χ2v) is 8.28. The van der Waals surface area contributed by atoms with Crippen molar-refractivity contribution in [3.05, 3.63) is 29.3 Å². The highest BCUT2D eigenvalue weighted by molar-refractivity contribution is 5.95. The number of carbonyl (C=O) groups excluding carboxylic acids is 4. The summed E-state index contributed by atoms with van der Waals surface area (Å²) in [5.41, 5.74) is 6.34. The highest BCUT2D eigenvalue weighted by Gasteiger charge is 2.20. The van der Waals surface area contributed by atoms with Crippen LogP contribution in [0.4, 0.5) is 15.3 Å². The van der Waals surface area contributed by atoms with Crippen molar-refractivity contribution in [1.82, 2.24) is 20.4 Å². The van der Waals surface area contributed by atoms with Crippen molar-refractivity contribution in [2.45, 2.75) is 32.0 Å². The van der Waals surface area contributed by atoms with Crippen LogP contribution in [0.1, 0.15) is 24.0 Å². The fourth-order valence-electron chi connectivity index (χ4n) is 3.42. The quantitative estimate of drug-likeness (QED) is 0.0835. The predicted molar refractivity (Wildman–Crippen MR) is 134 cm³/mol. The van der Waals surface area contributed by atoms with Crippen molar-refractivity contribution in [2.75, 3.05) is 45.6 Å². The average molecular weight is 539 g/mol. The minimum atomic E-state index is -1.49. The lowest BCUT2D eigenvalue weighted by Gasteiger charge is -2.24. The number of aldehydes is 1. The first-order valence-corrected chi connectivity index (χ1v) is 11.6. The maximum atomic E-state index is 12.7. The summed E-state index contributed by atoms with van der Waals surface area (Å²) >= 11 is 0. The van der Waals surface area contributed by atoms with Crippen LogP contribution in [0.25, 0.3) is 0 Å². The number of nitrogens with zero attached hydrogens (tertiary/aromatic N) is 2. The molecule has 1 aromatic carbocycles. The van der Waals surface area contributed by atoms with Gasteiger partial charge in [0.05, 0.1) is 25.7 Å². The maximum absolute atomic E-state index is 12.7. The van der Waals surface area contributed by atoms with E-state index in [-0.39, 0.29) is 32.1 Å². The molecule has 1 aromatic rings. The molecule has 0 unspecified atom stereocenters. The monoisotopic (exact) mass is 538 g/mol. The van der Waals surface area contributed by atoms with Gasteiger partial charge in [-0.05, 0) is 43.1 Å². The molecular formula is C23H34N6O9. The smallest absolute Gasteiger partial charge is 0.480 e. The van der Waals surface area contributed by atoms with Gasteiger partial charge in [-0.2, -0.15) is 0 Å². The highest BCUT2D eigenvalue weighted by atomic mass is 16.7. The maximum Gasteiger partial charge on any atom is 0.506 e. The van der Waals surface area contributed by atoms with Crippen LogP contribution in [0.2, 0.25) is 0 Å². The summed E-state index contributed by atoms with van der Waals surface area (Å²) in [7, 11) is 3.08. The minimum Gasteiger partial charge on any atom is -0.480 e. The molecule has 0 aliphatic heterocycles. The summed E-state index contributed by atoms with van der Waals surface area (Å²) in [5, 5.41) is 26.0. The van der Waals surface area contributed by atoms with E-state index >= 15 is 0 Å². The zero-order valence-corrected chi connectivity index (χ0v) is 21.3. The van der Waals surface area contributed by atoms with Gasteiger partial charge in [-0.15, -0.1) is 0 Å². The molecule has 0 aromatic heterocycles. The number of aliphatic carboxylic acids is 1. The van der Waals surface area contributed by atoms with Gasteiger partial charge in [-0.3, -0.25) is 19.3 Å². The van der Waals surface area contributed by atoms with Gasteiger partial charge in [0.25, 0.3) is 0 Å². The highest BCUT2D eigenvalue weighted by Crippen LogP contribution is 2.20. The molecule has 0 saturated heterocycles. The summed E-state index contributed by atoms with van der Waals surface area (Å²) < 4.78 is 4.66. The van der Waals surface area contributed by atoms with Crippen LogP contribution >= 0.6 is 0 Å². The molecule has 7 N–H and O–H groups in total. The predicted octanol–water partition coefficient (Wildman–Crippen LogP) is -0.600. The van der Waals surface area contributed by atoms with Crippen molar-refractivity contribution < 1.29 is 43.7 Å². The normalized spacial score (nSPS) is 11.3. The third kappa shape index (κ3) is 12.1. The summed E-state index contributed by atoms with van der Waals surface area (Å²) in [5.74, 6) is -2.02. The van der Waals surface area contributed by atoms with Crippen LogP contribution in [0, 0.1) is 0 Å². The van der Waals surface area contributed by atoms with E-state index in [9.17, 15) is 28.8 Å². The second-order valence-electron chi connectivity index (χ2n) is 8.28. The number of nitrogens with one attached hydrogen (secondary N) is 3. The van der Waals surface area contributed by atoms with Crippen molar-refractivity contribution in [3.63, 3.8) is 0 Å². The van der Waals surface area contributed by atoms with Gasteiger partial charge in [-0.1, -0.05) is 6.07 Å². The lowest BCUT2D eigenvalue weighted by Crippen LogP contribution is -2.41. The fourth-order valence-corrected chi connectivity index (χ4v) is 3.42. The van der Waals surface area contributed by atoms with Gasteiger partial charge in [-0.25, -0.2) is 9.59 Å².